The van der Waals surface area contributed by atoms with Crippen LogP contribution in [0.25, 0.3) is 0 Å². The van der Waals surface area contributed by atoms with Crippen molar-refractivity contribution in [2.24, 2.45) is 5.92 Å². The molecule has 0 atom stereocenters. The molecule has 0 saturated carbocycles. The molecule has 90 valence electrons. The van der Waals surface area contributed by atoms with E-state index < -0.39 is 0 Å². The molecular formula is C11H19N3OS. The van der Waals surface area contributed by atoms with Crippen LogP contribution in [0.3, 0.4) is 0 Å². The second kappa shape index (κ2) is 6.25. The Kier molecular flexibility index (Phi) is 4.66. The van der Waals surface area contributed by atoms with Crippen molar-refractivity contribution in [2.75, 3.05) is 25.1 Å². The van der Waals surface area contributed by atoms with E-state index in [4.69, 9.17) is 4.52 Å². The fraction of sp³-hybridized carbons (Fsp3) is 0.818. The van der Waals surface area contributed by atoms with Crippen molar-refractivity contribution >= 4 is 11.8 Å². The van der Waals surface area contributed by atoms with E-state index in [1.807, 2.05) is 7.05 Å². The molecule has 1 N–H and O–H groups in total. The molecule has 16 heavy (non-hydrogen) atoms. The molecular weight excluding hydrogens is 222 g/mol. The predicted molar refractivity (Wildman–Crippen MR) is 65.7 cm³/mol. The fourth-order valence-electron chi connectivity index (χ4n) is 1.91. The van der Waals surface area contributed by atoms with Gasteiger partial charge in [-0.25, -0.2) is 0 Å². The number of aromatic nitrogens is 2. The minimum atomic E-state index is 0.749. The maximum absolute atomic E-state index is 5.27. The maximum Gasteiger partial charge on any atom is 0.226 e. The van der Waals surface area contributed by atoms with Crippen LogP contribution in [-0.2, 0) is 12.8 Å². The zero-order chi connectivity index (χ0) is 11.2. The highest BCUT2D eigenvalue weighted by atomic mass is 32.2. The highest BCUT2D eigenvalue weighted by Crippen LogP contribution is 2.25. The van der Waals surface area contributed by atoms with Crippen LogP contribution in [0, 0.1) is 5.92 Å². The number of thioether (sulfide) groups is 1. The summed E-state index contributed by atoms with van der Waals surface area (Å²) in [6.45, 7) is 0.902. The van der Waals surface area contributed by atoms with E-state index in [9.17, 15) is 0 Å². The lowest BCUT2D eigenvalue weighted by Gasteiger charge is -2.19. The van der Waals surface area contributed by atoms with Crippen LogP contribution in [0.2, 0.25) is 0 Å². The van der Waals surface area contributed by atoms with Gasteiger partial charge in [0.05, 0.1) is 0 Å². The molecule has 0 aromatic carbocycles. The summed E-state index contributed by atoms with van der Waals surface area (Å²) in [5.41, 5.74) is 0. The summed E-state index contributed by atoms with van der Waals surface area (Å²) < 4.78 is 5.27. The Morgan fingerprint density at radius 2 is 2.25 bits per heavy atom. The molecule has 1 aromatic rings. The molecule has 1 fully saturated rings. The van der Waals surface area contributed by atoms with Crippen LogP contribution in [0.4, 0.5) is 0 Å². The first-order valence-corrected chi connectivity index (χ1v) is 7.07. The quantitative estimate of drug-likeness (QED) is 0.847. The topological polar surface area (TPSA) is 51.0 Å². The third kappa shape index (κ3) is 3.49. The monoisotopic (exact) mass is 241 g/mol. The summed E-state index contributed by atoms with van der Waals surface area (Å²) >= 11 is 2.05. The van der Waals surface area contributed by atoms with Crippen molar-refractivity contribution in [1.29, 1.82) is 0 Å². The molecule has 1 aliphatic heterocycles. The minimum absolute atomic E-state index is 0.749. The van der Waals surface area contributed by atoms with Crippen LogP contribution in [0.15, 0.2) is 4.52 Å². The van der Waals surface area contributed by atoms with Gasteiger partial charge in [-0.2, -0.15) is 16.7 Å². The fourth-order valence-corrected chi connectivity index (χ4v) is 3.11. The Labute approximate surface area is 101 Å². The average Bonchev–Trinajstić information content (AvgIpc) is 2.75. The van der Waals surface area contributed by atoms with Crippen molar-refractivity contribution in [2.45, 2.75) is 25.7 Å². The van der Waals surface area contributed by atoms with Gasteiger partial charge in [0.15, 0.2) is 5.82 Å². The third-order valence-electron chi connectivity index (χ3n) is 2.91. The van der Waals surface area contributed by atoms with Gasteiger partial charge in [-0.15, -0.1) is 0 Å². The number of nitrogens with one attached hydrogen (secondary N) is 1. The summed E-state index contributed by atoms with van der Waals surface area (Å²) in [5.74, 6) is 4.97. The number of hydrogen-bond acceptors (Lipinski definition) is 5. The molecule has 0 spiro atoms. The van der Waals surface area contributed by atoms with E-state index in [1.165, 1.54) is 24.3 Å². The van der Waals surface area contributed by atoms with Gasteiger partial charge < -0.3 is 9.84 Å². The summed E-state index contributed by atoms with van der Waals surface area (Å²) in [6, 6.07) is 0. The van der Waals surface area contributed by atoms with E-state index in [2.05, 4.69) is 27.2 Å². The first kappa shape index (κ1) is 11.9. The van der Waals surface area contributed by atoms with Crippen LogP contribution in [0.5, 0.6) is 0 Å². The van der Waals surface area contributed by atoms with Crippen molar-refractivity contribution in [3.05, 3.63) is 11.7 Å². The molecule has 0 aliphatic carbocycles. The SMILES string of the molecule is CNCCc1noc(CC2CCSCC2)n1. The summed E-state index contributed by atoms with van der Waals surface area (Å²) in [7, 11) is 1.93. The van der Waals surface area contributed by atoms with Crippen LogP contribution in [-0.4, -0.2) is 35.2 Å². The smallest absolute Gasteiger partial charge is 0.226 e. The molecule has 2 rings (SSSR count). The van der Waals surface area contributed by atoms with Gasteiger partial charge >= 0.3 is 0 Å². The second-order valence-corrected chi connectivity index (χ2v) is 5.44. The summed E-state index contributed by atoms with van der Waals surface area (Å²) in [4.78, 5) is 4.42. The van der Waals surface area contributed by atoms with E-state index in [0.717, 1.165) is 37.0 Å². The average molecular weight is 241 g/mol. The second-order valence-electron chi connectivity index (χ2n) is 4.22. The molecule has 1 aliphatic rings. The largest absolute Gasteiger partial charge is 0.339 e. The lowest BCUT2D eigenvalue weighted by molar-refractivity contribution is 0.341. The van der Waals surface area contributed by atoms with E-state index in [-0.39, 0.29) is 0 Å². The molecule has 4 nitrogen and oxygen atoms in total. The van der Waals surface area contributed by atoms with Gasteiger partial charge in [0.2, 0.25) is 5.89 Å². The van der Waals surface area contributed by atoms with Gasteiger partial charge in [0.1, 0.15) is 0 Å². The Morgan fingerprint density at radius 3 is 3.00 bits per heavy atom. The van der Waals surface area contributed by atoms with E-state index in [0.29, 0.717) is 0 Å². The van der Waals surface area contributed by atoms with Crippen molar-refractivity contribution in [3.63, 3.8) is 0 Å². The van der Waals surface area contributed by atoms with Gasteiger partial charge in [-0.05, 0) is 37.3 Å². The normalized spacial score (nSPS) is 17.8. The van der Waals surface area contributed by atoms with Gasteiger partial charge in [0, 0.05) is 19.4 Å². The molecule has 5 heteroatoms. The Morgan fingerprint density at radius 1 is 1.44 bits per heavy atom. The van der Waals surface area contributed by atoms with E-state index >= 15 is 0 Å². The number of nitrogens with zero attached hydrogens (tertiary/aromatic N) is 2. The molecule has 0 unspecified atom stereocenters. The lowest BCUT2D eigenvalue weighted by atomic mass is 9.99. The first-order chi connectivity index (χ1) is 7.88. The number of hydrogen-bond donors (Lipinski definition) is 1. The highest BCUT2D eigenvalue weighted by Gasteiger charge is 2.17. The predicted octanol–water partition coefficient (Wildman–Crippen LogP) is 1.52. The Balaban J connectivity index is 1.81. The lowest BCUT2D eigenvalue weighted by Crippen LogP contribution is -2.13. The first-order valence-electron chi connectivity index (χ1n) is 5.92. The summed E-state index contributed by atoms with van der Waals surface area (Å²) in [6.07, 6.45) is 4.39. The third-order valence-corrected chi connectivity index (χ3v) is 3.96. The molecule has 0 bridgehead atoms. The maximum atomic E-state index is 5.27. The molecule has 1 saturated heterocycles. The van der Waals surface area contributed by atoms with Gasteiger partial charge in [0.25, 0.3) is 0 Å². The zero-order valence-electron chi connectivity index (χ0n) is 9.74. The standard InChI is InChI=1S/C11H19N3OS/c1-12-5-2-10-13-11(15-14-10)8-9-3-6-16-7-4-9/h9,12H,2-8H2,1H3. The van der Waals surface area contributed by atoms with Gasteiger partial charge in [-0.1, -0.05) is 5.16 Å². The van der Waals surface area contributed by atoms with E-state index in [1.54, 1.807) is 0 Å². The molecule has 1 aromatic heterocycles. The van der Waals surface area contributed by atoms with Crippen molar-refractivity contribution < 1.29 is 4.52 Å². The molecule has 0 radical (unpaired) electrons. The van der Waals surface area contributed by atoms with Crippen LogP contribution >= 0.6 is 11.8 Å². The van der Waals surface area contributed by atoms with Crippen LogP contribution < -0.4 is 5.32 Å². The zero-order valence-corrected chi connectivity index (χ0v) is 10.6. The highest BCUT2D eigenvalue weighted by molar-refractivity contribution is 7.99. The number of rotatable bonds is 5. The Hall–Kier alpha value is -0.550. The summed E-state index contributed by atoms with van der Waals surface area (Å²) in [5, 5.41) is 7.07. The number of likely N-dealkylation sites (N-methyl/N-ethyl adjacent to an activating group) is 1. The van der Waals surface area contributed by atoms with Crippen molar-refractivity contribution in [3.8, 4) is 0 Å². The molecule has 2 heterocycles. The minimum Gasteiger partial charge on any atom is -0.339 e. The molecule has 0 amide bonds. The Bertz CT molecular complexity index is 310. The van der Waals surface area contributed by atoms with Crippen molar-refractivity contribution in [1.82, 2.24) is 15.5 Å². The van der Waals surface area contributed by atoms with Gasteiger partial charge in [-0.3, -0.25) is 0 Å². The van der Waals surface area contributed by atoms with Crippen LogP contribution in [0.1, 0.15) is 24.6 Å².